The number of aromatic carboxylic acids is 1. The summed E-state index contributed by atoms with van der Waals surface area (Å²) in [6, 6.07) is 4.49. The van der Waals surface area contributed by atoms with Crippen molar-refractivity contribution in [3.8, 4) is 5.75 Å². The number of nitrogens with one attached hydrogen (secondary N) is 2. The van der Waals surface area contributed by atoms with Crippen molar-refractivity contribution in [1.82, 2.24) is 5.32 Å². The zero-order chi connectivity index (χ0) is 20.0. The Morgan fingerprint density at radius 2 is 2.04 bits per heavy atom. The number of anilines is 1. The monoisotopic (exact) mass is 428 g/mol. The first-order valence-electron chi connectivity index (χ1n) is 10.0. The summed E-state index contributed by atoms with van der Waals surface area (Å²) in [5, 5.41) is 25.9. The third-order valence-corrected chi connectivity index (χ3v) is 7.56. The highest BCUT2D eigenvalue weighted by Gasteiger charge is 2.15. The van der Waals surface area contributed by atoms with Crippen LogP contribution in [0.2, 0.25) is 0 Å². The number of carbonyl (C=O) groups is 1. The fraction of sp³-hybridized carbons (Fsp3) is 0.650. The summed E-state index contributed by atoms with van der Waals surface area (Å²) in [4.78, 5) is 11.0. The van der Waals surface area contributed by atoms with Crippen molar-refractivity contribution in [2.45, 2.75) is 43.8 Å². The molecule has 1 fully saturated rings. The predicted molar refractivity (Wildman–Crippen MR) is 119 cm³/mol. The van der Waals surface area contributed by atoms with Crippen LogP contribution in [0.5, 0.6) is 5.75 Å². The number of unbranched alkanes of at least 4 members (excludes halogenated alkanes) is 2. The van der Waals surface area contributed by atoms with Gasteiger partial charge < -0.3 is 25.6 Å². The third-order valence-electron chi connectivity index (χ3n) is 4.55. The zero-order valence-electron chi connectivity index (χ0n) is 16.3. The van der Waals surface area contributed by atoms with E-state index >= 15 is 0 Å². The quantitative estimate of drug-likeness (QED) is 0.188. The summed E-state index contributed by atoms with van der Waals surface area (Å²) in [6.07, 6.45) is 7.48. The van der Waals surface area contributed by atoms with Crippen LogP contribution in [-0.4, -0.2) is 60.0 Å². The molecule has 0 saturated carbocycles. The summed E-state index contributed by atoms with van der Waals surface area (Å²) in [6.45, 7) is 4.00. The predicted octanol–water partition coefficient (Wildman–Crippen LogP) is 4.21. The van der Waals surface area contributed by atoms with Crippen LogP contribution in [0.15, 0.2) is 18.2 Å². The number of rotatable bonds is 15. The molecular formula is C20H32N2O4S2. The fourth-order valence-electron chi connectivity index (χ4n) is 2.96. The lowest BCUT2D eigenvalue weighted by Crippen LogP contribution is -2.21. The highest BCUT2D eigenvalue weighted by Crippen LogP contribution is 2.39. The zero-order valence-corrected chi connectivity index (χ0v) is 18.0. The molecule has 0 radical (unpaired) electrons. The minimum Gasteiger partial charge on any atom is -0.507 e. The van der Waals surface area contributed by atoms with Gasteiger partial charge >= 0.3 is 5.97 Å². The van der Waals surface area contributed by atoms with Gasteiger partial charge in [-0.05, 0) is 50.4 Å². The molecule has 4 N–H and O–H groups in total. The number of carboxylic acids is 1. The van der Waals surface area contributed by atoms with E-state index in [0.717, 1.165) is 24.8 Å². The van der Waals surface area contributed by atoms with Crippen molar-refractivity contribution in [1.29, 1.82) is 0 Å². The largest absolute Gasteiger partial charge is 0.507 e. The molecule has 1 aliphatic heterocycles. The van der Waals surface area contributed by atoms with E-state index < -0.39 is 5.97 Å². The molecule has 6 nitrogen and oxygen atoms in total. The Bertz CT molecular complexity index is 583. The van der Waals surface area contributed by atoms with Gasteiger partial charge in [-0.15, -0.1) is 0 Å². The van der Waals surface area contributed by atoms with E-state index in [9.17, 15) is 9.90 Å². The number of hydrogen-bond donors (Lipinski definition) is 4. The number of ether oxygens (including phenoxy) is 1. The fourth-order valence-corrected chi connectivity index (χ4v) is 5.99. The van der Waals surface area contributed by atoms with Crippen LogP contribution in [0.1, 0.15) is 48.9 Å². The molecular weight excluding hydrogens is 396 g/mol. The standard InChI is InChI=1S/C20H32N2O4S2/c23-19-7-6-16(15-18(19)20(24)25)22-10-4-12-26-13-11-21-9-3-1-2-5-17-8-14-27-28-17/h6-7,15,17,21-23H,1-5,8-14H2,(H,24,25). The molecule has 8 heteroatoms. The number of benzene rings is 1. The Hall–Kier alpha value is -1.09. The van der Waals surface area contributed by atoms with E-state index in [1.165, 1.54) is 50.0 Å². The highest BCUT2D eigenvalue weighted by atomic mass is 33.1. The summed E-state index contributed by atoms with van der Waals surface area (Å²) in [5.41, 5.74) is 0.589. The molecule has 1 aromatic rings. The summed E-state index contributed by atoms with van der Waals surface area (Å²) < 4.78 is 5.61. The normalized spacial score (nSPS) is 16.4. The van der Waals surface area contributed by atoms with E-state index in [1.807, 2.05) is 10.8 Å². The molecule has 1 aliphatic rings. The van der Waals surface area contributed by atoms with Crippen molar-refractivity contribution >= 4 is 33.2 Å². The molecule has 1 heterocycles. The highest BCUT2D eigenvalue weighted by molar-refractivity contribution is 8.77. The lowest BCUT2D eigenvalue weighted by molar-refractivity contribution is 0.0693. The molecule has 0 bridgehead atoms. The number of phenols is 1. The minimum absolute atomic E-state index is 0.0937. The molecule has 1 saturated heterocycles. The molecule has 1 aromatic carbocycles. The Labute approximate surface area is 175 Å². The van der Waals surface area contributed by atoms with Gasteiger partial charge in [0.05, 0.1) is 6.61 Å². The summed E-state index contributed by atoms with van der Waals surface area (Å²) in [5.74, 6) is -0.0280. The van der Waals surface area contributed by atoms with Gasteiger partial charge in [0.25, 0.3) is 0 Å². The topological polar surface area (TPSA) is 90.8 Å². The van der Waals surface area contributed by atoms with Crippen molar-refractivity contribution in [3.63, 3.8) is 0 Å². The van der Waals surface area contributed by atoms with Gasteiger partial charge in [-0.1, -0.05) is 34.4 Å². The van der Waals surface area contributed by atoms with E-state index in [4.69, 9.17) is 9.84 Å². The smallest absolute Gasteiger partial charge is 0.339 e. The van der Waals surface area contributed by atoms with Crippen LogP contribution in [0.3, 0.4) is 0 Å². The molecule has 1 unspecified atom stereocenters. The van der Waals surface area contributed by atoms with Crippen molar-refractivity contribution in [2.75, 3.05) is 43.9 Å². The van der Waals surface area contributed by atoms with Gasteiger partial charge in [0.2, 0.25) is 0 Å². The van der Waals surface area contributed by atoms with E-state index in [0.29, 0.717) is 25.4 Å². The van der Waals surface area contributed by atoms with E-state index in [2.05, 4.69) is 21.4 Å². The van der Waals surface area contributed by atoms with Gasteiger partial charge in [0, 0.05) is 36.4 Å². The second kappa shape index (κ2) is 14.0. The maximum Gasteiger partial charge on any atom is 0.339 e. The van der Waals surface area contributed by atoms with Gasteiger partial charge in [-0.3, -0.25) is 0 Å². The molecule has 0 spiro atoms. The van der Waals surface area contributed by atoms with Crippen molar-refractivity contribution < 1.29 is 19.7 Å². The number of aromatic hydroxyl groups is 1. The molecule has 0 aliphatic carbocycles. The van der Waals surface area contributed by atoms with Crippen molar-refractivity contribution in [3.05, 3.63) is 23.8 Å². The average Bonchev–Trinajstić information content (AvgIpc) is 3.20. The van der Waals surface area contributed by atoms with Crippen molar-refractivity contribution in [2.24, 2.45) is 0 Å². The van der Waals surface area contributed by atoms with Gasteiger partial charge in [0.15, 0.2) is 0 Å². The maximum absolute atomic E-state index is 11.0. The van der Waals surface area contributed by atoms with Crippen LogP contribution in [-0.2, 0) is 4.74 Å². The summed E-state index contributed by atoms with van der Waals surface area (Å²) in [7, 11) is 4.10. The summed E-state index contributed by atoms with van der Waals surface area (Å²) >= 11 is 0. The Kier molecular flexibility index (Phi) is 11.6. The Morgan fingerprint density at radius 3 is 2.82 bits per heavy atom. The Balaban J connectivity index is 1.37. The van der Waals surface area contributed by atoms with Crippen LogP contribution >= 0.6 is 21.6 Å². The SMILES string of the molecule is O=C(O)c1cc(NCCCOCCNCCCCCC2CCSS2)ccc1O. The first-order valence-corrected chi connectivity index (χ1v) is 12.4. The molecule has 0 amide bonds. The first kappa shape index (κ1) is 23.2. The average molecular weight is 429 g/mol. The van der Waals surface area contributed by atoms with Crippen LogP contribution in [0.25, 0.3) is 0 Å². The van der Waals surface area contributed by atoms with Gasteiger partial charge in [-0.25, -0.2) is 4.79 Å². The lowest BCUT2D eigenvalue weighted by Gasteiger charge is -2.09. The second-order valence-electron chi connectivity index (χ2n) is 6.86. The lowest BCUT2D eigenvalue weighted by atomic mass is 10.1. The molecule has 0 aromatic heterocycles. The molecule has 2 rings (SSSR count). The third kappa shape index (κ3) is 9.41. The van der Waals surface area contributed by atoms with E-state index in [-0.39, 0.29) is 11.3 Å². The molecule has 1 atom stereocenters. The van der Waals surface area contributed by atoms with E-state index in [1.54, 1.807) is 6.07 Å². The first-order chi connectivity index (χ1) is 13.7. The molecule has 158 valence electrons. The Morgan fingerprint density at radius 1 is 1.14 bits per heavy atom. The number of carboxylic acid groups (broad SMARTS) is 1. The van der Waals surface area contributed by atoms with Crippen LogP contribution in [0.4, 0.5) is 5.69 Å². The van der Waals surface area contributed by atoms with Crippen LogP contribution < -0.4 is 10.6 Å². The van der Waals surface area contributed by atoms with Gasteiger partial charge in [-0.2, -0.15) is 0 Å². The minimum atomic E-state index is -1.14. The maximum atomic E-state index is 11.0. The van der Waals surface area contributed by atoms with Crippen LogP contribution in [0, 0.1) is 0 Å². The second-order valence-corrected chi connectivity index (χ2v) is 9.65. The number of hydrogen-bond acceptors (Lipinski definition) is 7. The molecule has 28 heavy (non-hydrogen) atoms. The van der Waals surface area contributed by atoms with Gasteiger partial charge in [0.1, 0.15) is 11.3 Å².